The highest BCUT2D eigenvalue weighted by Crippen LogP contribution is 2.46. The molecular weight excluding hydrogens is 254 g/mol. The number of likely N-dealkylation sites (tertiary alicyclic amines) is 1. The second-order valence-corrected chi connectivity index (χ2v) is 7.19. The van der Waals surface area contributed by atoms with Gasteiger partial charge >= 0.3 is 0 Å². The van der Waals surface area contributed by atoms with Crippen LogP contribution in [0.2, 0.25) is 0 Å². The maximum atomic E-state index is 4.70. The van der Waals surface area contributed by atoms with Gasteiger partial charge in [-0.15, -0.1) is 11.3 Å². The fourth-order valence-corrected chi connectivity index (χ4v) is 4.49. The first-order valence-corrected chi connectivity index (χ1v) is 8.48. The number of thiazole rings is 1. The molecule has 0 radical (unpaired) electrons. The molecule has 3 rings (SSSR count). The summed E-state index contributed by atoms with van der Waals surface area (Å²) in [6.45, 7) is 4.50. The normalized spacial score (nSPS) is 23.2. The molecule has 4 heteroatoms. The van der Waals surface area contributed by atoms with Gasteiger partial charge in [-0.05, 0) is 51.2 Å². The van der Waals surface area contributed by atoms with Gasteiger partial charge in [-0.2, -0.15) is 0 Å². The standard InChI is InChI=1S/C15H25N3S/c1-16-10-14-17-13(12-19-14)11-18-8-6-15(7-9-18)4-2-3-5-15/h12,16H,2-11H2,1H3. The van der Waals surface area contributed by atoms with E-state index in [4.69, 9.17) is 4.98 Å². The van der Waals surface area contributed by atoms with E-state index in [1.165, 1.54) is 62.3 Å². The Bertz CT molecular complexity index is 399. The zero-order valence-electron chi connectivity index (χ0n) is 12.0. The molecule has 1 saturated carbocycles. The third kappa shape index (κ3) is 3.18. The van der Waals surface area contributed by atoms with E-state index in [-0.39, 0.29) is 0 Å². The van der Waals surface area contributed by atoms with Crippen LogP contribution in [-0.4, -0.2) is 30.0 Å². The molecule has 0 bridgehead atoms. The maximum absolute atomic E-state index is 4.70. The molecule has 1 spiro atoms. The Morgan fingerprint density at radius 2 is 2.00 bits per heavy atom. The number of rotatable bonds is 4. The van der Waals surface area contributed by atoms with E-state index < -0.39 is 0 Å². The SMILES string of the molecule is CNCc1nc(CN2CCC3(CCCC3)CC2)cs1. The Hall–Kier alpha value is -0.450. The highest BCUT2D eigenvalue weighted by Gasteiger charge is 2.36. The molecule has 0 amide bonds. The quantitative estimate of drug-likeness (QED) is 0.918. The van der Waals surface area contributed by atoms with Crippen LogP contribution in [0, 0.1) is 5.41 Å². The largest absolute Gasteiger partial charge is 0.314 e. The van der Waals surface area contributed by atoms with Crippen molar-refractivity contribution in [3.8, 4) is 0 Å². The zero-order chi connectivity index (χ0) is 13.1. The Labute approximate surface area is 120 Å². The van der Waals surface area contributed by atoms with E-state index in [0.717, 1.165) is 18.5 Å². The number of aromatic nitrogens is 1. The molecule has 1 aromatic heterocycles. The molecule has 0 aromatic carbocycles. The fraction of sp³-hybridized carbons (Fsp3) is 0.800. The van der Waals surface area contributed by atoms with Crippen molar-refractivity contribution < 1.29 is 0 Å². The summed E-state index contributed by atoms with van der Waals surface area (Å²) in [4.78, 5) is 7.30. The highest BCUT2D eigenvalue weighted by molar-refractivity contribution is 7.09. The number of piperidine rings is 1. The van der Waals surface area contributed by atoms with Gasteiger partial charge in [0.15, 0.2) is 0 Å². The summed E-state index contributed by atoms with van der Waals surface area (Å²) in [6, 6.07) is 0. The van der Waals surface area contributed by atoms with E-state index in [0.29, 0.717) is 0 Å². The van der Waals surface area contributed by atoms with Crippen LogP contribution in [0.25, 0.3) is 0 Å². The van der Waals surface area contributed by atoms with Crippen LogP contribution < -0.4 is 5.32 Å². The lowest BCUT2D eigenvalue weighted by atomic mass is 9.77. The summed E-state index contributed by atoms with van der Waals surface area (Å²) in [6.07, 6.45) is 8.76. The van der Waals surface area contributed by atoms with Crippen molar-refractivity contribution in [3.63, 3.8) is 0 Å². The smallest absolute Gasteiger partial charge is 0.107 e. The number of hydrogen-bond donors (Lipinski definition) is 1. The summed E-state index contributed by atoms with van der Waals surface area (Å²) in [5, 5.41) is 6.61. The van der Waals surface area contributed by atoms with Crippen LogP contribution in [0.1, 0.15) is 49.2 Å². The lowest BCUT2D eigenvalue weighted by Crippen LogP contribution is -2.38. The monoisotopic (exact) mass is 279 g/mol. The van der Waals surface area contributed by atoms with Crippen molar-refractivity contribution in [1.29, 1.82) is 0 Å². The number of nitrogens with zero attached hydrogens (tertiary/aromatic N) is 2. The third-order valence-corrected chi connectivity index (χ3v) is 5.79. The zero-order valence-corrected chi connectivity index (χ0v) is 12.8. The predicted octanol–water partition coefficient (Wildman–Crippen LogP) is 3.02. The Kier molecular flexibility index (Phi) is 4.20. The summed E-state index contributed by atoms with van der Waals surface area (Å²) in [5.41, 5.74) is 1.99. The van der Waals surface area contributed by atoms with Crippen molar-refractivity contribution in [2.45, 2.75) is 51.6 Å². The van der Waals surface area contributed by atoms with Crippen molar-refractivity contribution >= 4 is 11.3 Å². The van der Waals surface area contributed by atoms with Crippen molar-refractivity contribution in [1.82, 2.24) is 15.2 Å². The summed E-state index contributed by atoms with van der Waals surface area (Å²) < 4.78 is 0. The first-order valence-electron chi connectivity index (χ1n) is 7.60. The molecule has 2 fully saturated rings. The van der Waals surface area contributed by atoms with Gasteiger partial charge in [0.25, 0.3) is 0 Å². The molecule has 19 heavy (non-hydrogen) atoms. The fourth-order valence-electron chi connectivity index (χ4n) is 3.69. The number of nitrogens with one attached hydrogen (secondary N) is 1. The van der Waals surface area contributed by atoms with Crippen LogP contribution in [-0.2, 0) is 13.1 Å². The molecule has 106 valence electrons. The summed E-state index contributed by atoms with van der Waals surface area (Å²) in [5.74, 6) is 0. The molecule has 0 unspecified atom stereocenters. The molecule has 1 saturated heterocycles. The van der Waals surface area contributed by atoms with Crippen LogP contribution in [0.3, 0.4) is 0 Å². The molecule has 3 nitrogen and oxygen atoms in total. The molecular formula is C15H25N3S. The minimum Gasteiger partial charge on any atom is -0.314 e. The van der Waals surface area contributed by atoms with Gasteiger partial charge in [0.05, 0.1) is 5.69 Å². The molecule has 2 heterocycles. The second-order valence-electron chi connectivity index (χ2n) is 6.25. The van der Waals surface area contributed by atoms with Gasteiger partial charge in [0, 0.05) is 18.5 Å². The first kappa shape index (κ1) is 13.5. The van der Waals surface area contributed by atoms with Crippen LogP contribution in [0.5, 0.6) is 0 Å². The topological polar surface area (TPSA) is 28.2 Å². The van der Waals surface area contributed by atoms with Crippen LogP contribution >= 0.6 is 11.3 Å². The average molecular weight is 279 g/mol. The lowest BCUT2D eigenvalue weighted by molar-refractivity contribution is 0.103. The second kappa shape index (κ2) is 5.90. The van der Waals surface area contributed by atoms with Gasteiger partial charge < -0.3 is 5.32 Å². The molecule has 1 aliphatic carbocycles. The van der Waals surface area contributed by atoms with Gasteiger partial charge in [-0.3, -0.25) is 4.90 Å². The van der Waals surface area contributed by atoms with E-state index >= 15 is 0 Å². The van der Waals surface area contributed by atoms with Gasteiger partial charge in [-0.1, -0.05) is 12.8 Å². The van der Waals surface area contributed by atoms with Gasteiger partial charge in [0.2, 0.25) is 0 Å². The Balaban J connectivity index is 1.51. The summed E-state index contributed by atoms with van der Waals surface area (Å²) >= 11 is 1.78. The maximum Gasteiger partial charge on any atom is 0.107 e. The highest BCUT2D eigenvalue weighted by atomic mass is 32.1. The van der Waals surface area contributed by atoms with Crippen LogP contribution in [0.4, 0.5) is 0 Å². The Morgan fingerprint density at radius 3 is 2.68 bits per heavy atom. The Morgan fingerprint density at radius 1 is 1.26 bits per heavy atom. The first-order chi connectivity index (χ1) is 9.30. The van der Waals surface area contributed by atoms with E-state index in [9.17, 15) is 0 Å². The molecule has 1 aromatic rings. The van der Waals surface area contributed by atoms with E-state index in [2.05, 4.69) is 15.6 Å². The molecule has 1 N–H and O–H groups in total. The average Bonchev–Trinajstić information content (AvgIpc) is 3.04. The minimum absolute atomic E-state index is 0.732. The van der Waals surface area contributed by atoms with Gasteiger partial charge in [-0.25, -0.2) is 4.98 Å². The molecule has 2 aliphatic rings. The lowest BCUT2D eigenvalue weighted by Gasteiger charge is -2.39. The summed E-state index contributed by atoms with van der Waals surface area (Å²) in [7, 11) is 1.98. The minimum atomic E-state index is 0.732. The van der Waals surface area contributed by atoms with E-state index in [1.807, 2.05) is 7.05 Å². The molecule has 1 aliphatic heterocycles. The third-order valence-electron chi connectivity index (χ3n) is 4.89. The predicted molar refractivity (Wildman–Crippen MR) is 80.3 cm³/mol. The van der Waals surface area contributed by atoms with Crippen LogP contribution in [0.15, 0.2) is 5.38 Å². The van der Waals surface area contributed by atoms with Crippen molar-refractivity contribution in [2.24, 2.45) is 5.41 Å². The molecule has 0 atom stereocenters. The van der Waals surface area contributed by atoms with Gasteiger partial charge in [0.1, 0.15) is 5.01 Å². The van der Waals surface area contributed by atoms with Crippen molar-refractivity contribution in [3.05, 3.63) is 16.1 Å². The number of hydrogen-bond acceptors (Lipinski definition) is 4. The van der Waals surface area contributed by atoms with Crippen molar-refractivity contribution in [2.75, 3.05) is 20.1 Å². The van der Waals surface area contributed by atoms with E-state index in [1.54, 1.807) is 11.3 Å².